The zero-order valence-electron chi connectivity index (χ0n) is 37.8. The first-order chi connectivity index (χ1) is 25.5. The van der Waals surface area contributed by atoms with Gasteiger partial charge in [-0.15, -0.1) is 0 Å². The molecule has 13 atom stereocenters. The van der Waals surface area contributed by atoms with Gasteiger partial charge in [-0.3, -0.25) is 0 Å². The van der Waals surface area contributed by atoms with E-state index in [-0.39, 0.29) is 12.2 Å². The van der Waals surface area contributed by atoms with Gasteiger partial charge in [0.1, 0.15) is 0 Å². The van der Waals surface area contributed by atoms with Crippen LogP contribution in [-0.2, 0) is 22.8 Å². The molecule has 0 amide bonds. The van der Waals surface area contributed by atoms with Crippen molar-refractivity contribution in [3.8, 4) is 0 Å². The van der Waals surface area contributed by atoms with Crippen molar-refractivity contribution in [2.24, 2.45) is 41.4 Å². The summed E-state index contributed by atoms with van der Waals surface area (Å²) in [4.78, 5) is 0. The maximum atomic E-state index is 7.27. The minimum Gasteiger partial charge on any atom is -0.417 e. The summed E-state index contributed by atoms with van der Waals surface area (Å²) in [6.07, 6.45) is 17.5. The molecular weight excluding hydrogens is 749 g/mol. The van der Waals surface area contributed by atoms with Gasteiger partial charge in [-0.1, -0.05) is 79.8 Å². The zero-order valence-corrected chi connectivity index (χ0v) is 42.8. The molecule has 0 aromatic heterocycles. The van der Waals surface area contributed by atoms with Crippen LogP contribution in [0.25, 0.3) is 0 Å². The van der Waals surface area contributed by atoms with Crippen molar-refractivity contribution < 1.29 is 22.8 Å². The summed E-state index contributed by atoms with van der Waals surface area (Å²) in [5, 5.41) is 0. The van der Waals surface area contributed by atoms with Gasteiger partial charge in [0, 0.05) is 36.0 Å². The van der Waals surface area contributed by atoms with Crippen LogP contribution >= 0.6 is 0 Å². The molecule has 0 aromatic rings. The lowest BCUT2D eigenvalue weighted by Crippen LogP contribution is -2.44. The van der Waals surface area contributed by atoms with Gasteiger partial charge in [-0.2, -0.15) is 0 Å². The summed E-state index contributed by atoms with van der Waals surface area (Å²) < 4.78 is 32.9. The Balaban J connectivity index is 1.45. The number of hydrogen-bond acceptors (Lipinski definition) is 5. The first-order valence-electron chi connectivity index (χ1n) is 23.1. The highest BCUT2D eigenvalue weighted by molar-refractivity contribution is 6.78. The Morgan fingerprint density at radius 2 is 1.13 bits per heavy atom. The number of unbranched alkanes of at least 4 members (excludes halogenated alkanes) is 1. The molecule has 4 saturated carbocycles. The molecule has 0 spiro atoms. The number of ether oxygens (including phenoxy) is 2. The Hall–Kier alpha value is 0.884. The fraction of sp³-hybridized carbons (Fsp3) is 1.00. The Morgan fingerprint density at radius 3 is 1.61 bits per heavy atom. The van der Waals surface area contributed by atoms with Crippen molar-refractivity contribution in [1.29, 1.82) is 0 Å². The monoisotopic (exact) mass is 837 g/mol. The van der Waals surface area contributed by atoms with E-state index in [1.54, 1.807) is 0 Å². The molecule has 4 fully saturated rings. The molecule has 4 radical (unpaired) electrons. The smallest absolute Gasteiger partial charge is 0.233 e. The molecule has 4 rings (SSSR count). The average molecular weight is 838 g/mol. The van der Waals surface area contributed by atoms with Crippen molar-refractivity contribution >= 4 is 44.0 Å². The van der Waals surface area contributed by atoms with E-state index in [4.69, 9.17) is 22.8 Å². The SMILES string of the molecule is CCCCC(CO[Si](C)(C)C)C(C1CC2CC([Si]OC(COCCC)CC(C3CC4CC([Si]OC(CC)COCCC)C3C4)[Si](C)(C)C)C1C2)[Si](C)(C)C. The molecule has 13 unspecified atom stereocenters. The second-order valence-corrected chi connectivity index (χ2v) is 39.5. The highest BCUT2D eigenvalue weighted by Crippen LogP contribution is 2.62. The minimum atomic E-state index is -1.56. The highest BCUT2D eigenvalue weighted by atomic mass is 28.4. The van der Waals surface area contributed by atoms with Crippen LogP contribution in [0.5, 0.6) is 0 Å². The molecule has 0 heterocycles. The molecule has 4 aliphatic rings. The van der Waals surface area contributed by atoms with Crippen molar-refractivity contribution in [1.82, 2.24) is 0 Å². The standard InChI is InChI=1S/C44H88O5Si5/c1-14-18-19-34(29-47-54(11,12)13)44(53(8,9)10)40-25-33-23-38(40)42(27-33)51-49-36(31-46-21-16-3)28-43(52(5,6)7)39-24-32-22-37(39)41(26-32)50-48-35(17-4)30-45-20-15-2/h32-44H,14-31H2,1-13H3. The molecule has 4 aliphatic carbocycles. The van der Waals surface area contributed by atoms with E-state index >= 15 is 0 Å². The number of rotatable bonds is 28. The molecule has 54 heavy (non-hydrogen) atoms. The van der Waals surface area contributed by atoms with Crippen molar-refractivity contribution in [3.63, 3.8) is 0 Å². The van der Waals surface area contributed by atoms with Crippen LogP contribution in [0.4, 0.5) is 0 Å². The van der Waals surface area contributed by atoms with Gasteiger partial charge in [-0.05, 0) is 154 Å². The van der Waals surface area contributed by atoms with Crippen LogP contribution in [0.1, 0.15) is 111 Å². The lowest BCUT2D eigenvalue weighted by Gasteiger charge is -2.46. The van der Waals surface area contributed by atoms with Crippen LogP contribution < -0.4 is 0 Å². The molecule has 5 nitrogen and oxygen atoms in total. The lowest BCUT2D eigenvalue weighted by molar-refractivity contribution is 0.0400. The first kappa shape index (κ1) is 47.6. The Morgan fingerprint density at radius 1 is 0.593 bits per heavy atom. The van der Waals surface area contributed by atoms with Crippen LogP contribution in [-0.4, -0.2) is 89.2 Å². The third kappa shape index (κ3) is 14.0. The zero-order chi connectivity index (χ0) is 39.7. The van der Waals surface area contributed by atoms with Crippen LogP contribution in [0.2, 0.25) is 81.1 Å². The van der Waals surface area contributed by atoms with E-state index in [2.05, 4.69) is 86.6 Å². The fourth-order valence-electron chi connectivity index (χ4n) is 11.8. The summed E-state index contributed by atoms with van der Waals surface area (Å²) in [5.41, 5.74) is 3.13. The topological polar surface area (TPSA) is 46.2 Å². The van der Waals surface area contributed by atoms with Gasteiger partial charge in [0.05, 0.1) is 25.4 Å². The molecule has 0 aromatic carbocycles. The van der Waals surface area contributed by atoms with Gasteiger partial charge in [0.25, 0.3) is 0 Å². The Labute approximate surface area is 344 Å². The van der Waals surface area contributed by atoms with E-state index in [0.717, 1.165) is 116 Å². The van der Waals surface area contributed by atoms with Crippen molar-refractivity contribution in [2.75, 3.05) is 33.0 Å². The Kier molecular flexibility index (Phi) is 19.3. The highest BCUT2D eigenvalue weighted by Gasteiger charge is 2.54. The third-order valence-electron chi connectivity index (χ3n) is 14.0. The van der Waals surface area contributed by atoms with Gasteiger partial charge >= 0.3 is 0 Å². The van der Waals surface area contributed by atoms with Gasteiger partial charge < -0.3 is 22.8 Å². The Bertz CT molecular complexity index is 1060. The predicted molar refractivity (Wildman–Crippen MR) is 241 cm³/mol. The van der Waals surface area contributed by atoms with Gasteiger partial charge in [0.2, 0.25) is 19.5 Å². The molecular formula is C44H88O5Si5. The van der Waals surface area contributed by atoms with Gasteiger partial charge in [-0.25, -0.2) is 0 Å². The third-order valence-corrected chi connectivity index (χ3v) is 23.7. The number of fused-ring (bicyclic) bond motifs is 4. The minimum absolute atomic E-state index is 0.232. The van der Waals surface area contributed by atoms with Crippen LogP contribution in [0.15, 0.2) is 0 Å². The van der Waals surface area contributed by atoms with E-state index < -0.39 is 24.5 Å². The number of hydrogen-bond donors (Lipinski definition) is 0. The van der Waals surface area contributed by atoms with E-state index in [1.807, 2.05) is 0 Å². The predicted octanol–water partition coefficient (Wildman–Crippen LogP) is 12.4. The maximum Gasteiger partial charge on any atom is 0.233 e. The van der Waals surface area contributed by atoms with E-state index in [0.29, 0.717) is 19.5 Å². The summed E-state index contributed by atoms with van der Waals surface area (Å²) in [5.74, 6) is 5.91. The molecule has 314 valence electrons. The molecule has 10 heteroatoms. The second kappa shape index (κ2) is 21.9. The van der Waals surface area contributed by atoms with Crippen molar-refractivity contribution in [2.45, 2.75) is 204 Å². The summed E-state index contributed by atoms with van der Waals surface area (Å²) in [6.45, 7) is 36.4. The average Bonchev–Trinajstić information content (AvgIpc) is 3.88. The molecule has 0 N–H and O–H groups in total. The maximum absolute atomic E-state index is 7.27. The molecule has 0 aliphatic heterocycles. The largest absolute Gasteiger partial charge is 0.417 e. The second-order valence-electron chi connectivity index (χ2n) is 21.7. The van der Waals surface area contributed by atoms with E-state index in [9.17, 15) is 0 Å². The fourth-order valence-corrected chi connectivity index (χ4v) is 21.6. The molecule has 4 bridgehead atoms. The molecule has 0 saturated heterocycles. The quantitative estimate of drug-likeness (QED) is 0.0580. The summed E-state index contributed by atoms with van der Waals surface area (Å²) >= 11 is 0. The van der Waals surface area contributed by atoms with Crippen molar-refractivity contribution in [3.05, 3.63) is 0 Å². The van der Waals surface area contributed by atoms with E-state index in [1.165, 1.54) is 64.2 Å². The summed E-state index contributed by atoms with van der Waals surface area (Å²) in [7, 11) is -3.19. The van der Waals surface area contributed by atoms with Crippen LogP contribution in [0, 0.1) is 41.4 Å². The lowest BCUT2D eigenvalue weighted by atomic mass is 9.80. The summed E-state index contributed by atoms with van der Waals surface area (Å²) in [6, 6.07) is 0. The van der Waals surface area contributed by atoms with Crippen LogP contribution in [0.3, 0.4) is 0 Å². The first-order valence-corrected chi connectivity index (χ1v) is 35.6. The van der Waals surface area contributed by atoms with Gasteiger partial charge in [0.15, 0.2) is 8.32 Å². The normalized spacial score (nSPS) is 31.3.